The van der Waals surface area contributed by atoms with Crippen molar-refractivity contribution in [2.45, 2.75) is 11.2 Å². The van der Waals surface area contributed by atoms with Crippen molar-refractivity contribution < 1.29 is 61.6 Å². The van der Waals surface area contributed by atoms with Crippen molar-refractivity contribution in [1.82, 2.24) is 0 Å². The summed E-state index contributed by atoms with van der Waals surface area (Å²) in [4.78, 5) is 22.9. The first kappa shape index (κ1) is 18.3. The van der Waals surface area contributed by atoms with Gasteiger partial charge in [0.1, 0.15) is 10.1 Å². The van der Waals surface area contributed by atoms with Gasteiger partial charge in [0.05, 0.1) is 14.2 Å². The maximum Gasteiger partial charge on any atom is 1.00 e. The quantitative estimate of drug-likeness (QED) is 0.302. The van der Waals surface area contributed by atoms with E-state index in [0.29, 0.717) is 0 Å². The molecule has 1 aliphatic carbocycles. The normalized spacial score (nSPS) is 21.9. The second kappa shape index (κ2) is 6.67. The maximum absolute atomic E-state index is 11.6. The molecule has 0 aromatic carbocycles. The van der Waals surface area contributed by atoms with E-state index in [4.69, 9.17) is 0 Å². The molecule has 0 fully saturated rings. The molecule has 100 valence electrons. The number of ether oxygens (including phenoxy) is 2. The summed E-state index contributed by atoms with van der Waals surface area (Å²) in [7, 11) is -2.97. The van der Waals surface area contributed by atoms with Crippen molar-refractivity contribution in [2.24, 2.45) is 0 Å². The Balaban J connectivity index is 0.00000324. The summed E-state index contributed by atoms with van der Waals surface area (Å²) >= 11 is 0. The van der Waals surface area contributed by atoms with Crippen molar-refractivity contribution in [1.29, 1.82) is 0 Å². The standard InChI is InChI=1S/C10H12O7S.Na/c1-16-8(11)7-4-3-5-10(6-7,9(12)17-2)18(13,14)15;/h3-5H,6H2,1-2H3,(H,13,14,15);/q;+1/p-1. The van der Waals surface area contributed by atoms with Crippen LogP contribution in [0.2, 0.25) is 0 Å². The first-order valence-corrected chi connectivity index (χ1v) is 6.20. The van der Waals surface area contributed by atoms with Crippen LogP contribution in [0.3, 0.4) is 0 Å². The van der Waals surface area contributed by atoms with Gasteiger partial charge in [0.25, 0.3) is 0 Å². The van der Waals surface area contributed by atoms with E-state index in [2.05, 4.69) is 9.47 Å². The van der Waals surface area contributed by atoms with Crippen molar-refractivity contribution >= 4 is 22.1 Å². The largest absolute Gasteiger partial charge is 1.00 e. The zero-order valence-electron chi connectivity index (χ0n) is 10.7. The summed E-state index contributed by atoms with van der Waals surface area (Å²) in [5, 5.41) is 0. The molecule has 7 nitrogen and oxygen atoms in total. The summed E-state index contributed by atoms with van der Waals surface area (Å²) in [6.07, 6.45) is 2.72. The fourth-order valence-electron chi connectivity index (χ4n) is 1.58. The molecule has 1 aliphatic rings. The molecular weight excluding hydrogens is 287 g/mol. The Hall–Kier alpha value is -0.670. The number of esters is 2. The molecular formula is C10H11NaO7S. The second-order valence-corrected chi connectivity index (χ2v) is 5.19. The fraction of sp³-hybridized carbons (Fsp3) is 0.400. The van der Waals surface area contributed by atoms with Gasteiger partial charge >= 0.3 is 41.5 Å². The number of rotatable bonds is 3. The molecule has 1 unspecified atom stereocenters. The van der Waals surface area contributed by atoms with E-state index in [1.54, 1.807) is 0 Å². The van der Waals surface area contributed by atoms with Crippen LogP contribution in [0.25, 0.3) is 0 Å². The van der Waals surface area contributed by atoms with Crippen LogP contribution in [0.5, 0.6) is 0 Å². The molecule has 0 heterocycles. The van der Waals surface area contributed by atoms with Crippen LogP contribution in [0.4, 0.5) is 0 Å². The van der Waals surface area contributed by atoms with E-state index in [-0.39, 0.29) is 35.1 Å². The molecule has 1 atom stereocenters. The van der Waals surface area contributed by atoms with Gasteiger partial charge in [0.2, 0.25) is 0 Å². The molecule has 0 bridgehead atoms. The molecule has 9 heteroatoms. The van der Waals surface area contributed by atoms with Gasteiger partial charge in [-0.15, -0.1) is 0 Å². The zero-order valence-corrected chi connectivity index (χ0v) is 13.5. The Bertz CT molecular complexity index is 534. The van der Waals surface area contributed by atoms with Crippen LogP contribution in [-0.4, -0.2) is 43.9 Å². The smallest absolute Gasteiger partial charge is 0.747 e. The van der Waals surface area contributed by atoms with E-state index >= 15 is 0 Å². The Labute approximate surface area is 132 Å². The molecule has 1 rings (SSSR count). The first-order chi connectivity index (χ1) is 8.28. The predicted octanol–water partition coefficient (Wildman–Crippen LogP) is -3.49. The van der Waals surface area contributed by atoms with E-state index in [9.17, 15) is 22.6 Å². The second-order valence-electron chi connectivity index (χ2n) is 3.55. The van der Waals surface area contributed by atoms with E-state index in [0.717, 1.165) is 26.4 Å². The van der Waals surface area contributed by atoms with Gasteiger partial charge in [-0.2, -0.15) is 0 Å². The van der Waals surface area contributed by atoms with Gasteiger partial charge in [-0.1, -0.05) is 18.2 Å². The van der Waals surface area contributed by atoms with Gasteiger partial charge in [-0.05, 0) is 0 Å². The minimum atomic E-state index is -5.03. The van der Waals surface area contributed by atoms with Crippen LogP contribution in [0.15, 0.2) is 23.8 Å². The number of carbonyl (C=O) groups excluding carboxylic acids is 2. The summed E-state index contributed by atoms with van der Waals surface area (Å²) in [5.74, 6) is -2.04. The zero-order chi connectivity index (χ0) is 14.0. The topological polar surface area (TPSA) is 110 Å². The minimum Gasteiger partial charge on any atom is -0.747 e. The SMILES string of the molecule is COC(=O)C1=CC=CC(C(=O)OC)(S(=O)(=O)[O-])C1.[Na+]. The van der Waals surface area contributed by atoms with Crippen molar-refractivity contribution in [3.05, 3.63) is 23.8 Å². The molecule has 19 heavy (non-hydrogen) atoms. The fourth-order valence-corrected chi connectivity index (χ4v) is 2.44. The monoisotopic (exact) mass is 298 g/mol. The average molecular weight is 298 g/mol. The first-order valence-electron chi connectivity index (χ1n) is 4.79. The molecule has 0 aromatic heterocycles. The Kier molecular flexibility index (Phi) is 6.43. The van der Waals surface area contributed by atoms with Gasteiger partial charge < -0.3 is 14.0 Å². The molecule has 0 spiro atoms. The molecule has 0 N–H and O–H groups in total. The van der Waals surface area contributed by atoms with Crippen LogP contribution >= 0.6 is 0 Å². The van der Waals surface area contributed by atoms with Crippen LogP contribution in [-0.2, 0) is 29.2 Å². The van der Waals surface area contributed by atoms with Crippen LogP contribution in [0.1, 0.15) is 6.42 Å². The third-order valence-corrected chi connectivity index (χ3v) is 3.88. The molecule has 0 saturated carbocycles. The summed E-state index contributed by atoms with van der Waals surface area (Å²) in [6.45, 7) is 0. The number of hydrogen-bond donors (Lipinski definition) is 0. The van der Waals surface area contributed by atoms with E-state index in [1.165, 1.54) is 6.08 Å². The molecule has 0 saturated heterocycles. The van der Waals surface area contributed by atoms with Crippen LogP contribution in [0, 0.1) is 0 Å². The summed E-state index contributed by atoms with van der Waals surface area (Å²) in [5.41, 5.74) is -0.0928. The van der Waals surface area contributed by atoms with Crippen molar-refractivity contribution in [2.75, 3.05) is 14.2 Å². The van der Waals surface area contributed by atoms with E-state index < -0.39 is 33.2 Å². The number of hydrogen-bond acceptors (Lipinski definition) is 7. The van der Waals surface area contributed by atoms with Crippen molar-refractivity contribution in [3.8, 4) is 0 Å². The number of allylic oxidation sites excluding steroid dienone is 2. The Morgan fingerprint density at radius 3 is 2.32 bits per heavy atom. The summed E-state index contributed by atoms with van der Waals surface area (Å²) < 4.78 is 40.2. The predicted molar refractivity (Wildman–Crippen MR) is 58.3 cm³/mol. The minimum absolute atomic E-state index is 0. The maximum atomic E-state index is 11.6. The van der Waals surface area contributed by atoms with Gasteiger partial charge in [-0.3, -0.25) is 4.79 Å². The average Bonchev–Trinajstić information content (AvgIpc) is 2.35. The number of carbonyl (C=O) groups is 2. The van der Waals surface area contributed by atoms with Gasteiger partial charge in [0, 0.05) is 12.0 Å². The van der Waals surface area contributed by atoms with Gasteiger partial charge in [-0.25, -0.2) is 13.2 Å². The molecule has 0 aliphatic heterocycles. The van der Waals surface area contributed by atoms with E-state index in [1.807, 2.05) is 0 Å². The Morgan fingerprint density at radius 2 is 1.89 bits per heavy atom. The Morgan fingerprint density at radius 1 is 1.32 bits per heavy atom. The molecule has 0 radical (unpaired) electrons. The number of methoxy groups -OCH3 is 2. The molecule has 0 amide bonds. The van der Waals surface area contributed by atoms with Crippen LogP contribution < -0.4 is 29.6 Å². The van der Waals surface area contributed by atoms with Crippen molar-refractivity contribution in [3.63, 3.8) is 0 Å². The van der Waals surface area contributed by atoms with Gasteiger partial charge in [0.15, 0.2) is 4.75 Å². The third kappa shape index (κ3) is 3.46. The third-order valence-electron chi connectivity index (χ3n) is 2.54. The summed E-state index contributed by atoms with van der Waals surface area (Å²) in [6, 6.07) is 0. The molecule has 0 aromatic rings.